The van der Waals surface area contributed by atoms with Crippen LogP contribution in [0.25, 0.3) is 0 Å². The number of benzene rings is 2. The lowest BCUT2D eigenvalue weighted by Gasteiger charge is -2.16. The van der Waals surface area contributed by atoms with E-state index in [4.69, 9.17) is 10.5 Å². The lowest BCUT2D eigenvalue weighted by molar-refractivity contribution is 0.383. The van der Waals surface area contributed by atoms with Crippen LogP contribution in [0.2, 0.25) is 0 Å². The average molecular weight is 436 g/mol. The maximum absolute atomic E-state index is 14.2. The maximum Gasteiger partial charge on any atom is 0.170 e. The molecular weight excluding hydrogens is 424 g/mol. The number of hydrogen-bond donors (Lipinski definition) is 1. The van der Waals surface area contributed by atoms with Gasteiger partial charge in [-0.2, -0.15) is 0 Å². The van der Waals surface area contributed by atoms with Crippen LogP contribution in [0.3, 0.4) is 0 Å². The first-order valence-electron chi connectivity index (χ1n) is 5.57. The van der Waals surface area contributed by atoms with Crippen LogP contribution < -0.4 is 10.5 Å². The van der Waals surface area contributed by atoms with Crippen molar-refractivity contribution < 1.29 is 9.13 Å². The zero-order valence-electron chi connectivity index (χ0n) is 10.2. The summed E-state index contributed by atoms with van der Waals surface area (Å²) < 4.78 is 21.1. The largest absolute Gasteiger partial charge is 0.494 e. The molecule has 0 aromatic heterocycles. The molecule has 1 unspecified atom stereocenters. The van der Waals surface area contributed by atoms with E-state index in [2.05, 4.69) is 38.5 Å². The van der Waals surface area contributed by atoms with Crippen LogP contribution >= 0.6 is 38.5 Å². The topological polar surface area (TPSA) is 35.2 Å². The zero-order valence-corrected chi connectivity index (χ0v) is 13.9. The van der Waals surface area contributed by atoms with E-state index in [-0.39, 0.29) is 5.75 Å². The third-order valence-electron chi connectivity index (χ3n) is 2.84. The Morgan fingerprint density at radius 3 is 2.68 bits per heavy atom. The molecule has 0 radical (unpaired) electrons. The fourth-order valence-electron chi connectivity index (χ4n) is 1.85. The first-order chi connectivity index (χ1) is 9.04. The Morgan fingerprint density at radius 2 is 2.00 bits per heavy atom. The molecule has 0 bridgehead atoms. The van der Waals surface area contributed by atoms with Crippen molar-refractivity contribution in [1.82, 2.24) is 0 Å². The molecule has 100 valence electrons. The van der Waals surface area contributed by atoms with Gasteiger partial charge in [-0.3, -0.25) is 0 Å². The molecule has 0 aliphatic carbocycles. The van der Waals surface area contributed by atoms with Gasteiger partial charge in [0.25, 0.3) is 0 Å². The number of methoxy groups -OCH3 is 1. The molecule has 0 saturated heterocycles. The SMILES string of the molecule is COc1cccc(C(N)c2cc(Br)ccc2I)c1F. The van der Waals surface area contributed by atoms with Gasteiger partial charge in [-0.15, -0.1) is 0 Å². The molecule has 0 spiro atoms. The van der Waals surface area contributed by atoms with Gasteiger partial charge in [0.05, 0.1) is 13.2 Å². The molecule has 2 rings (SSSR count). The van der Waals surface area contributed by atoms with Crippen LogP contribution in [0, 0.1) is 9.39 Å². The highest BCUT2D eigenvalue weighted by molar-refractivity contribution is 14.1. The van der Waals surface area contributed by atoms with Gasteiger partial charge in [0.1, 0.15) is 0 Å². The summed E-state index contributed by atoms with van der Waals surface area (Å²) in [6, 6.07) is 10.3. The van der Waals surface area contributed by atoms with Crippen molar-refractivity contribution in [1.29, 1.82) is 0 Å². The van der Waals surface area contributed by atoms with E-state index in [0.717, 1.165) is 13.6 Å². The Kier molecular flexibility index (Phi) is 4.81. The molecule has 0 fully saturated rings. The lowest BCUT2D eigenvalue weighted by atomic mass is 9.99. The van der Waals surface area contributed by atoms with Crippen molar-refractivity contribution >= 4 is 38.5 Å². The quantitative estimate of drug-likeness (QED) is 0.731. The number of hydrogen-bond acceptors (Lipinski definition) is 2. The molecule has 0 heterocycles. The van der Waals surface area contributed by atoms with Crippen molar-refractivity contribution in [2.75, 3.05) is 7.11 Å². The highest BCUT2D eigenvalue weighted by Crippen LogP contribution is 2.31. The minimum absolute atomic E-state index is 0.206. The van der Waals surface area contributed by atoms with E-state index in [1.807, 2.05) is 18.2 Å². The van der Waals surface area contributed by atoms with Gasteiger partial charge in [-0.25, -0.2) is 4.39 Å². The molecule has 1 atom stereocenters. The van der Waals surface area contributed by atoms with Crippen molar-refractivity contribution in [3.63, 3.8) is 0 Å². The Morgan fingerprint density at radius 1 is 1.26 bits per heavy atom. The second-order valence-corrected chi connectivity index (χ2v) is 6.08. The van der Waals surface area contributed by atoms with Crippen LogP contribution in [0.1, 0.15) is 17.2 Å². The van der Waals surface area contributed by atoms with Gasteiger partial charge in [0, 0.05) is 13.6 Å². The van der Waals surface area contributed by atoms with Crippen LogP contribution in [0.4, 0.5) is 4.39 Å². The van der Waals surface area contributed by atoms with Crippen molar-refractivity contribution in [2.45, 2.75) is 6.04 Å². The average Bonchev–Trinajstić information content (AvgIpc) is 2.41. The van der Waals surface area contributed by atoms with Crippen LogP contribution in [0.15, 0.2) is 40.9 Å². The third-order valence-corrected chi connectivity index (χ3v) is 4.32. The van der Waals surface area contributed by atoms with Crippen LogP contribution in [0.5, 0.6) is 5.75 Å². The predicted molar refractivity (Wildman–Crippen MR) is 85.8 cm³/mol. The van der Waals surface area contributed by atoms with Gasteiger partial charge >= 0.3 is 0 Å². The fourth-order valence-corrected chi connectivity index (χ4v) is 2.90. The number of halogens is 3. The summed E-state index contributed by atoms with van der Waals surface area (Å²) in [6.45, 7) is 0. The van der Waals surface area contributed by atoms with Gasteiger partial charge in [-0.05, 0) is 52.4 Å². The standard InChI is InChI=1S/C14H12BrFINO/c1-19-12-4-2-3-9(13(12)16)14(18)10-7-8(15)5-6-11(10)17/h2-7,14H,18H2,1H3. The van der Waals surface area contributed by atoms with E-state index < -0.39 is 11.9 Å². The van der Waals surface area contributed by atoms with E-state index in [9.17, 15) is 4.39 Å². The predicted octanol–water partition coefficient (Wildman–Crippen LogP) is 4.25. The van der Waals surface area contributed by atoms with Crippen molar-refractivity contribution in [2.24, 2.45) is 5.73 Å². The van der Waals surface area contributed by atoms with Gasteiger partial charge in [0.2, 0.25) is 0 Å². The van der Waals surface area contributed by atoms with E-state index in [0.29, 0.717) is 5.56 Å². The monoisotopic (exact) mass is 435 g/mol. The summed E-state index contributed by atoms with van der Waals surface area (Å²) in [7, 11) is 1.44. The van der Waals surface area contributed by atoms with Gasteiger partial charge < -0.3 is 10.5 Å². The zero-order chi connectivity index (χ0) is 14.0. The number of ether oxygens (including phenoxy) is 1. The van der Waals surface area contributed by atoms with Crippen molar-refractivity contribution in [3.05, 3.63) is 61.4 Å². The molecule has 2 N–H and O–H groups in total. The number of nitrogens with two attached hydrogens (primary N) is 1. The van der Waals surface area contributed by atoms with Gasteiger partial charge in [-0.1, -0.05) is 28.1 Å². The molecular formula is C14H12BrFINO. The summed E-state index contributed by atoms with van der Waals surface area (Å²) in [5.41, 5.74) is 7.49. The Balaban J connectivity index is 2.50. The molecule has 0 amide bonds. The van der Waals surface area contributed by atoms with Crippen LogP contribution in [-0.2, 0) is 0 Å². The summed E-state index contributed by atoms with van der Waals surface area (Å²) >= 11 is 5.60. The first kappa shape index (κ1) is 14.7. The van der Waals surface area contributed by atoms with Crippen molar-refractivity contribution in [3.8, 4) is 5.75 Å². The molecule has 0 aliphatic rings. The summed E-state index contributed by atoms with van der Waals surface area (Å²) in [6.07, 6.45) is 0. The van der Waals surface area contributed by atoms with E-state index >= 15 is 0 Å². The molecule has 0 aliphatic heterocycles. The maximum atomic E-state index is 14.2. The minimum atomic E-state index is -0.528. The Bertz CT molecular complexity index is 606. The second kappa shape index (κ2) is 6.19. The fraction of sp³-hybridized carbons (Fsp3) is 0.143. The second-order valence-electron chi connectivity index (χ2n) is 4.01. The molecule has 5 heteroatoms. The highest BCUT2D eigenvalue weighted by atomic mass is 127. The van der Waals surface area contributed by atoms with E-state index in [1.54, 1.807) is 18.2 Å². The lowest BCUT2D eigenvalue weighted by Crippen LogP contribution is -2.15. The number of rotatable bonds is 3. The molecule has 2 aromatic rings. The summed E-state index contributed by atoms with van der Waals surface area (Å²) in [5.74, 6) is -0.203. The molecule has 2 aromatic carbocycles. The normalized spacial score (nSPS) is 12.3. The smallest absolute Gasteiger partial charge is 0.170 e. The molecule has 0 saturated carbocycles. The first-order valence-corrected chi connectivity index (χ1v) is 7.44. The van der Waals surface area contributed by atoms with Crippen LogP contribution in [-0.4, -0.2) is 7.11 Å². The van der Waals surface area contributed by atoms with E-state index in [1.165, 1.54) is 7.11 Å². The van der Waals surface area contributed by atoms with Gasteiger partial charge in [0.15, 0.2) is 11.6 Å². The molecule has 19 heavy (non-hydrogen) atoms. The Labute approximate surface area is 133 Å². The Hall–Kier alpha value is -0.660. The summed E-state index contributed by atoms with van der Waals surface area (Å²) in [5, 5.41) is 0. The third kappa shape index (κ3) is 3.09. The minimum Gasteiger partial charge on any atom is -0.494 e. The highest BCUT2D eigenvalue weighted by Gasteiger charge is 2.18. The molecule has 2 nitrogen and oxygen atoms in total. The summed E-state index contributed by atoms with van der Waals surface area (Å²) in [4.78, 5) is 0.